The quantitative estimate of drug-likeness (QED) is 0.184. The highest BCUT2D eigenvalue weighted by Crippen LogP contribution is 2.65. The summed E-state index contributed by atoms with van der Waals surface area (Å²) in [6, 6.07) is -1.72. The van der Waals surface area contributed by atoms with Gasteiger partial charge >= 0.3 is 5.97 Å². The number of fused-ring (bicyclic) bond motifs is 1. The summed E-state index contributed by atoms with van der Waals surface area (Å²) in [5.41, 5.74) is -0.665. The Hall–Kier alpha value is -2.71. The second kappa shape index (κ2) is 13.5. The van der Waals surface area contributed by atoms with E-state index in [4.69, 9.17) is 4.74 Å². The lowest BCUT2D eigenvalue weighted by atomic mass is 9.80. The maximum absolute atomic E-state index is 13.8. The lowest BCUT2D eigenvalue weighted by Gasteiger charge is -2.35. The van der Waals surface area contributed by atoms with E-state index in [2.05, 4.69) is 31.1 Å². The number of ketones is 1. The number of hydrogen-bond donors (Lipinski definition) is 2. The van der Waals surface area contributed by atoms with Crippen molar-refractivity contribution in [1.29, 1.82) is 0 Å². The van der Waals surface area contributed by atoms with E-state index in [0.717, 1.165) is 25.7 Å². The molecular formula is C32H51N3O6. The number of piperidine rings is 1. The fourth-order valence-electron chi connectivity index (χ4n) is 6.68. The molecule has 0 spiro atoms. The number of esters is 1. The van der Waals surface area contributed by atoms with Gasteiger partial charge in [-0.15, -0.1) is 6.58 Å². The topological polar surface area (TPSA) is 122 Å². The molecule has 1 saturated heterocycles. The zero-order valence-corrected chi connectivity index (χ0v) is 25.9. The number of carbonyl (C=O) groups is 5. The van der Waals surface area contributed by atoms with Crippen molar-refractivity contribution in [3.63, 3.8) is 0 Å². The number of nitrogens with one attached hydrogen (secondary N) is 2. The van der Waals surface area contributed by atoms with Crippen molar-refractivity contribution in [1.82, 2.24) is 15.5 Å². The minimum absolute atomic E-state index is 0.0184. The first kappa shape index (κ1) is 32.8. The molecule has 3 fully saturated rings. The molecule has 5 atom stereocenters. The number of allylic oxidation sites excluding steroid dienone is 1. The van der Waals surface area contributed by atoms with Gasteiger partial charge in [0.2, 0.25) is 17.6 Å². The van der Waals surface area contributed by atoms with Gasteiger partial charge in [-0.1, -0.05) is 53.0 Å². The first-order valence-corrected chi connectivity index (χ1v) is 15.5. The molecule has 1 unspecified atom stereocenters. The predicted octanol–water partition coefficient (Wildman–Crippen LogP) is 3.94. The molecule has 0 aromatic heterocycles. The maximum atomic E-state index is 13.8. The lowest BCUT2D eigenvalue weighted by molar-refractivity contribution is -0.156. The van der Waals surface area contributed by atoms with E-state index in [1.165, 1.54) is 6.42 Å². The van der Waals surface area contributed by atoms with E-state index in [1.54, 1.807) is 24.8 Å². The normalized spacial score (nSPS) is 24.9. The van der Waals surface area contributed by atoms with E-state index in [9.17, 15) is 24.0 Å². The SMILES string of the molecule is C=CCCC(NC(=O)[C@@H]1[C@@H]2[C@H](CN1C(=O)[C@@H](C)C1CCCCC1)C2(C)C)C(=O)C(=O)NCCC(=O)OC(C)(C)CC. The highest BCUT2D eigenvalue weighted by atomic mass is 16.6. The summed E-state index contributed by atoms with van der Waals surface area (Å²) >= 11 is 0. The van der Waals surface area contributed by atoms with E-state index >= 15 is 0 Å². The Labute approximate surface area is 245 Å². The van der Waals surface area contributed by atoms with Gasteiger partial charge in [0.15, 0.2) is 0 Å². The van der Waals surface area contributed by atoms with Crippen LogP contribution < -0.4 is 10.6 Å². The van der Waals surface area contributed by atoms with Crippen LogP contribution in [-0.2, 0) is 28.7 Å². The molecule has 41 heavy (non-hydrogen) atoms. The van der Waals surface area contributed by atoms with E-state index in [1.807, 2.05) is 13.8 Å². The third-order valence-corrected chi connectivity index (χ3v) is 9.88. The minimum atomic E-state index is -1.06. The van der Waals surface area contributed by atoms with Crippen molar-refractivity contribution >= 4 is 29.5 Å². The molecular weight excluding hydrogens is 522 g/mol. The Bertz CT molecular complexity index is 1010. The molecule has 2 N–H and O–H groups in total. The second-order valence-corrected chi connectivity index (χ2v) is 13.5. The Morgan fingerprint density at radius 2 is 1.78 bits per heavy atom. The number of ether oxygens (including phenoxy) is 1. The molecule has 0 aromatic carbocycles. The molecule has 2 aliphatic carbocycles. The van der Waals surface area contributed by atoms with Crippen LogP contribution in [0, 0.1) is 29.1 Å². The first-order chi connectivity index (χ1) is 19.2. The van der Waals surface area contributed by atoms with E-state index in [-0.39, 0.29) is 54.4 Å². The average molecular weight is 574 g/mol. The third kappa shape index (κ3) is 7.77. The van der Waals surface area contributed by atoms with Crippen LogP contribution in [0.25, 0.3) is 0 Å². The number of carbonyl (C=O) groups excluding carboxylic acids is 5. The van der Waals surface area contributed by atoms with Crippen molar-refractivity contribution in [2.45, 2.75) is 117 Å². The standard InChI is InChI=1S/C32H51N3O6/c1-8-10-16-23(27(37)29(39)33-18-17-24(36)41-31(4,5)9-2)34-28(38)26-25-22(32(25,6)7)19-35(26)30(40)20(3)21-14-12-11-13-15-21/h8,20-23,25-26H,1,9-19H2,2-7H3,(H,33,39)(H,34,38)/t20-,22-,23?,25-,26-/m0/s1. The Kier molecular flexibility index (Phi) is 10.8. The highest BCUT2D eigenvalue weighted by Gasteiger charge is 2.69. The molecule has 0 aromatic rings. The summed E-state index contributed by atoms with van der Waals surface area (Å²) in [5, 5.41) is 5.32. The minimum Gasteiger partial charge on any atom is -0.460 e. The molecule has 1 aliphatic heterocycles. The van der Waals surface area contributed by atoms with Crippen LogP contribution in [0.1, 0.15) is 99.3 Å². The summed E-state index contributed by atoms with van der Waals surface area (Å²) in [5.74, 6) is -2.02. The third-order valence-electron chi connectivity index (χ3n) is 9.88. The van der Waals surface area contributed by atoms with Crippen LogP contribution >= 0.6 is 0 Å². The Morgan fingerprint density at radius 3 is 2.39 bits per heavy atom. The maximum Gasteiger partial charge on any atom is 0.308 e. The number of rotatable bonds is 14. The molecule has 9 heteroatoms. The van der Waals surface area contributed by atoms with E-state index in [0.29, 0.717) is 25.3 Å². The predicted molar refractivity (Wildman–Crippen MR) is 156 cm³/mol. The number of Topliss-reactive ketones (excluding diaryl/α,β-unsaturated/α-hetero) is 1. The number of amides is 3. The van der Waals surface area contributed by atoms with Crippen molar-refractivity contribution in [2.75, 3.05) is 13.1 Å². The van der Waals surface area contributed by atoms with Crippen LogP contribution in [0.3, 0.4) is 0 Å². The zero-order valence-electron chi connectivity index (χ0n) is 25.9. The van der Waals surface area contributed by atoms with Gasteiger partial charge in [-0.2, -0.15) is 0 Å². The zero-order chi connectivity index (χ0) is 30.5. The molecule has 3 aliphatic rings. The molecule has 0 bridgehead atoms. The molecule has 230 valence electrons. The van der Waals surface area contributed by atoms with Gasteiger partial charge in [-0.05, 0) is 69.1 Å². The smallest absolute Gasteiger partial charge is 0.308 e. The van der Waals surface area contributed by atoms with Crippen LogP contribution in [0.4, 0.5) is 0 Å². The lowest BCUT2D eigenvalue weighted by Crippen LogP contribution is -2.56. The molecule has 2 saturated carbocycles. The van der Waals surface area contributed by atoms with Crippen molar-refractivity contribution < 1.29 is 28.7 Å². The van der Waals surface area contributed by atoms with Gasteiger partial charge in [0, 0.05) is 19.0 Å². The van der Waals surface area contributed by atoms with Gasteiger partial charge in [-0.25, -0.2) is 0 Å². The van der Waals surface area contributed by atoms with Crippen molar-refractivity contribution in [2.24, 2.45) is 29.1 Å². The summed E-state index contributed by atoms with van der Waals surface area (Å²) in [6.45, 7) is 16.0. The van der Waals surface area contributed by atoms with Crippen LogP contribution in [-0.4, -0.2) is 65.1 Å². The highest BCUT2D eigenvalue weighted by molar-refractivity contribution is 6.38. The molecule has 0 radical (unpaired) electrons. The molecule has 9 nitrogen and oxygen atoms in total. The van der Waals surface area contributed by atoms with Gasteiger partial charge < -0.3 is 20.3 Å². The summed E-state index contributed by atoms with van der Waals surface area (Å²) < 4.78 is 5.38. The monoisotopic (exact) mass is 573 g/mol. The first-order valence-electron chi connectivity index (χ1n) is 15.5. The van der Waals surface area contributed by atoms with Gasteiger partial charge in [0.05, 0.1) is 12.5 Å². The van der Waals surface area contributed by atoms with Gasteiger partial charge in [0.25, 0.3) is 5.91 Å². The van der Waals surface area contributed by atoms with Crippen molar-refractivity contribution in [3.05, 3.63) is 12.7 Å². The molecule has 3 rings (SSSR count). The summed E-state index contributed by atoms with van der Waals surface area (Å²) in [4.78, 5) is 67.2. The number of nitrogens with zero attached hydrogens (tertiary/aromatic N) is 1. The van der Waals surface area contributed by atoms with Gasteiger partial charge in [0.1, 0.15) is 11.6 Å². The summed E-state index contributed by atoms with van der Waals surface area (Å²) in [6.07, 6.45) is 8.41. The molecule has 1 heterocycles. The Balaban J connectivity index is 1.65. The van der Waals surface area contributed by atoms with Crippen LogP contribution in [0.5, 0.6) is 0 Å². The fourth-order valence-corrected chi connectivity index (χ4v) is 6.68. The Morgan fingerprint density at radius 1 is 1.12 bits per heavy atom. The van der Waals surface area contributed by atoms with Crippen LogP contribution in [0.15, 0.2) is 12.7 Å². The number of hydrogen-bond acceptors (Lipinski definition) is 6. The largest absolute Gasteiger partial charge is 0.460 e. The molecule has 3 amide bonds. The summed E-state index contributed by atoms with van der Waals surface area (Å²) in [7, 11) is 0. The van der Waals surface area contributed by atoms with Crippen LogP contribution in [0.2, 0.25) is 0 Å². The average Bonchev–Trinajstić information content (AvgIpc) is 3.25. The van der Waals surface area contributed by atoms with Gasteiger partial charge in [-0.3, -0.25) is 24.0 Å². The fraction of sp³-hybridized carbons (Fsp3) is 0.781. The second-order valence-electron chi connectivity index (χ2n) is 13.5. The van der Waals surface area contributed by atoms with E-state index < -0.39 is 35.3 Å². The van der Waals surface area contributed by atoms with Crippen molar-refractivity contribution in [3.8, 4) is 0 Å². The number of likely N-dealkylation sites (tertiary alicyclic amines) is 1.